The number of ether oxygens (including phenoxy) is 2. The van der Waals surface area contributed by atoms with E-state index in [0.29, 0.717) is 0 Å². The van der Waals surface area contributed by atoms with Crippen molar-refractivity contribution in [1.82, 2.24) is 0 Å². The van der Waals surface area contributed by atoms with Crippen molar-refractivity contribution in [3.63, 3.8) is 0 Å². The summed E-state index contributed by atoms with van der Waals surface area (Å²) in [5.41, 5.74) is 7.18. The molecule has 1 aromatic carbocycles. The Morgan fingerprint density at radius 3 is 2.79 bits per heavy atom. The van der Waals surface area contributed by atoms with Gasteiger partial charge in [-0.3, -0.25) is 4.79 Å². The second-order valence-electron chi connectivity index (χ2n) is 7.35. The Kier molecular flexibility index (Phi) is 3.56. The minimum atomic E-state index is -0.170. The van der Waals surface area contributed by atoms with Gasteiger partial charge in [-0.05, 0) is 65.7 Å². The second kappa shape index (κ2) is 5.51. The van der Waals surface area contributed by atoms with Crippen LogP contribution >= 0.6 is 0 Å². The number of benzene rings is 1. The summed E-state index contributed by atoms with van der Waals surface area (Å²) >= 11 is 0. The van der Waals surface area contributed by atoms with Crippen LogP contribution in [0.5, 0.6) is 5.75 Å². The van der Waals surface area contributed by atoms with Gasteiger partial charge >= 0.3 is 5.97 Å². The average Bonchev–Trinajstić information content (AvgIpc) is 2.90. The maximum atomic E-state index is 11.5. The Morgan fingerprint density at radius 1 is 1.21 bits per heavy atom. The summed E-state index contributed by atoms with van der Waals surface area (Å²) in [5.74, 6) is 0.769. The van der Waals surface area contributed by atoms with E-state index in [9.17, 15) is 4.79 Å². The molecule has 0 heterocycles. The summed E-state index contributed by atoms with van der Waals surface area (Å²) in [6, 6.07) is 6.45. The first-order chi connectivity index (χ1) is 11.5. The molecular formula is C21H24O3. The van der Waals surface area contributed by atoms with Crippen LogP contribution < -0.4 is 4.74 Å². The van der Waals surface area contributed by atoms with Gasteiger partial charge in [0.15, 0.2) is 0 Å². The molecule has 0 fully saturated rings. The molecule has 24 heavy (non-hydrogen) atoms. The highest BCUT2D eigenvalue weighted by Crippen LogP contribution is 2.56. The minimum absolute atomic E-state index is 0.00341. The van der Waals surface area contributed by atoms with Crippen molar-refractivity contribution < 1.29 is 14.3 Å². The summed E-state index contributed by atoms with van der Waals surface area (Å²) in [6.45, 7) is 3.78. The number of hydrogen-bond donors (Lipinski definition) is 0. The normalized spacial score (nSPS) is 27.8. The van der Waals surface area contributed by atoms with E-state index < -0.39 is 0 Å². The van der Waals surface area contributed by atoms with Crippen molar-refractivity contribution in [1.29, 1.82) is 0 Å². The molecule has 0 amide bonds. The lowest BCUT2D eigenvalue weighted by Gasteiger charge is -2.41. The topological polar surface area (TPSA) is 35.5 Å². The van der Waals surface area contributed by atoms with Crippen LogP contribution in [0.15, 0.2) is 35.4 Å². The molecule has 0 radical (unpaired) electrons. The van der Waals surface area contributed by atoms with E-state index in [1.807, 2.05) is 0 Å². The number of aryl methyl sites for hydroxylation is 1. The molecule has 0 saturated carbocycles. The van der Waals surface area contributed by atoms with E-state index in [2.05, 4.69) is 31.2 Å². The third-order valence-electron chi connectivity index (χ3n) is 6.04. The zero-order valence-corrected chi connectivity index (χ0v) is 14.6. The van der Waals surface area contributed by atoms with Gasteiger partial charge in [0.25, 0.3) is 0 Å². The SMILES string of the molecule is COc1ccc2c(c1)CCC1=C2CC[C@@]2(C)C1=CC[C@@H]2OC(C)=O. The summed E-state index contributed by atoms with van der Waals surface area (Å²) in [4.78, 5) is 11.5. The third kappa shape index (κ3) is 2.21. The molecule has 0 N–H and O–H groups in total. The highest BCUT2D eigenvalue weighted by atomic mass is 16.5. The van der Waals surface area contributed by atoms with Gasteiger partial charge in [-0.25, -0.2) is 0 Å². The molecule has 2 atom stereocenters. The van der Waals surface area contributed by atoms with Crippen LogP contribution in [0.25, 0.3) is 5.57 Å². The summed E-state index contributed by atoms with van der Waals surface area (Å²) in [5, 5.41) is 0. The quantitative estimate of drug-likeness (QED) is 0.754. The first-order valence-electron chi connectivity index (χ1n) is 8.80. The van der Waals surface area contributed by atoms with E-state index in [0.717, 1.165) is 37.9 Å². The Hall–Kier alpha value is -2.03. The second-order valence-corrected chi connectivity index (χ2v) is 7.35. The highest BCUT2D eigenvalue weighted by molar-refractivity contribution is 5.79. The van der Waals surface area contributed by atoms with Crippen molar-refractivity contribution in [3.8, 4) is 5.75 Å². The molecule has 126 valence electrons. The van der Waals surface area contributed by atoms with Gasteiger partial charge in [0.2, 0.25) is 0 Å². The van der Waals surface area contributed by atoms with Crippen LogP contribution in [0, 0.1) is 5.41 Å². The van der Waals surface area contributed by atoms with Crippen LogP contribution in [0.1, 0.15) is 50.7 Å². The third-order valence-corrected chi connectivity index (χ3v) is 6.04. The molecule has 4 rings (SSSR count). The van der Waals surface area contributed by atoms with Crippen molar-refractivity contribution >= 4 is 11.5 Å². The average molecular weight is 324 g/mol. The maximum absolute atomic E-state index is 11.5. The summed E-state index contributed by atoms with van der Waals surface area (Å²) < 4.78 is 11.0. The fraction of sp³-hybridized carbons (Fsp3) is 0.476. The molecule has 0 unspecified atom stereocenters. The number of carbonyl (C=O) groups is 1. The molecule has 0 aliphatic heterocycles. The molecule has 0 spiro atoms. The van der Waals surface area contributed by atoms with Crippen LogP contribution in [0.4, 0.5) is 0 Å². The molecule has 3 nitrogen and oxygen atoms in total. The van der Waals surface area contributed by atoms with Crippen LogP contribution in [-0.4, -0.2) is 19.2 Å². The van der Waals surface area contributed by atoms with Crippen LogP contribution in [0.2, 0.25) is 0 Å². The van der Waals surface area contributed by atoms with Crippen molar-refractivity contribution in [3.05, 3.63) is 46.5 Å². The number of allylic oxidation sites excluding steroid dienone is 2. The van der Waals surface area contributed by atoms with Crippen LogP contribution in [-0.2, 0) is 16.0 Å². The van der Waals surface area contributed by atoms with Gasteiger partial charge in [-0.15, -0.1) is 0 Å². The summed E-state index contributed by atoms with van der Waals surface area (Å²) in [6.07, 6.45) is 7.38. The van der Waals surface area contributed by atoms with Crippen LogP contribution in [0.3, 0.4) is 0 Å². The monoisotopic (exact) mass is 324 g/mol. The Balaban J connectivity index is 1.73. The van der Waals surface area contributed by atoms with E-state index in [1.54, 1.807) is 7.11 Å². The molecule has 3 aliphatic carbocycles. The Labute approximate surface area is 143 Å². The molecule has 3 heteroatoms. The Morgan fingerprint density at radius 2 is 2.04 bits per heavy atom. The lowest BCUT2D eigenvalue weighted by Crippen LogP contribution is -2.36. The van der Waals surface area contributed by atoms with Gasteiger partial charge in [0.05, 0.1) is 7.11 Å². The molecular weight excluding hydrogens is 300 g/mol. The highest BCUT2D eigenvalue weighted by Gasteiger charge is 2.47. The Bertz CT molecular complexity index is 771. The number of methoxy groups -OCH3 is 1. The predicted molar refractivity (Wildman–Crippen MR) is 93.8 cm³/mol. The number of hydrogen-bond acceptors (Lipinski definition) is 3. The van der Waals surface area contributed by atoms with E-state index in [1.165, 1.54) is 34.8 Å². The van der Waals surface area contributed by atoms with E-state index >= 15 is 0 Å². The van der Waals surface area contributed by atoms with Gasteiger partial charge < -0.3 is 9.47 Å². The predicted octanol–water partition coefficient (Wildman–Crippen LogP) is 4.46. The van der Waals surface area contributed by atoms with Gasteiger partial charge in [0.1, 0.15) is 11.9 Å². The largest absolute Gasteiger partial charge is 0.497 e. The first kappa shape index (κ1) is 15.5. The first-order valence-corrected chi connectivity index (χ1v) is 8.80. The van der Waals surface area contributed by atoms with Gasteiger partial charge in [0, 0.05) is 18.8 Å². The molecule has 0 saturated heterocycles. The summed E-state index contributed by atoms with van der Waals surface area (Å²) in [7, 11) is 1.72. The standard InChI is InChI=1S/C21H24O3/c1-13(22)24-20-9-8-19-18-6-4-14-12-15(23-3)5-7-16(14)17(18)10-11-21(19,20)2/h5,7-8,12,20H,4,6,9-11H2,1-3H3/t20-,21-/m0/s1. The molecule has 0 bridgehead atoms. The number of esters is 1. The number of fused-ring (bicyclic) bond motifs is 4. The zero-order chi connectivity index (χ0) is 16.9. The van der Waals surface area contributed by atoms with Gasteiger partial charge in [-0.2, -0.15) is 0 Å². The minimum Gasteiger partial charge on any atom is -0.497 e. The van der Waals surface area contributed by atoms with Crippen molar-refractivity contribution in [2.45, 2.75) is 52.1 Å². The smallest absolute Gasteiger partial charge is 0.302 e. The molecule has 3 aliphatic rings. The molecule has 0 aromatic heterocycles. The number of carbonyl (C=O) groups excluding carboxylic acids is 1. The fourth-order valence-electron chi connectivity index (χ4n) is 4.77. The maximum Gasteiger partial charge on any atom is 0.302 e. The fourth-order valence-corrected chi connectivity index (χ4v) is 4.77. The lowest BCUT2D eigenvalue weighted by atomic mass is 9.65. The zero-order valence-electron chi connectivity index (χ0n) is 14.6. The number of rotatable bonds is 2. The van der Waals surface area contributed by atoms with E-state index in [-0.39, 0.29) is 17.5 Å². The van der Waals surface area contributed by atoms with Crippen molar-refractivity contribution in [2.24, 2.45) is 5.41 Å². The lowest BCUT2D eigenvalue weighted by molar-refractivity contribution is -0.150. The van der Waals surface area contributed by atoms with E-state index in [4.69, 9.17) is 9.47 Å². The molecule has 1 aromatic rings. The van der Waals surface area contributed by atoms with Crippen molar-refractivity contribution in [2.75, 3.05) is 7.11 Å². The van der Waals surface area contributed by atoms with Gasteiger partial charge in [-0.1, -0.05) is 19.1 Å².